The molecular weight excluding hydrogens is 252 g/mol. The van der Waals surface area contributed by atoms with Gasteiger partial charge in [0.25, 0.3) is 5.91 Å². The number of amides is 1. The molecule has 1 fully saturated rings. The average molecular weight is 276 g/mol. The van der Waals surface area contributed by atoms with Crippen LogP contribution in [0.5, 0.6) is 0 Å². The van der Waals surface area contributed by atoms with Crippen molar-refractivity contribution in [2.45, 2.75) is 25.8 Å². The fourth-order valence-corrected chi connectivity index (χ4v) is 2.64. The van der Waals surface area contributed by atoms with Gasteiger partial charge in [0.1, 0.15) is 0 Å². The van der Waals surface area contributed by atoms with Gasteiger partial charge in [0, 0.05) is 25.2 Å². The Morgan fingerprint density at radius 1 is 1.40 bits per heavy atom. The first-order chi connectivity index (χ1) is 9.60. The van der Waals surface area contributed by atoms with Crippen LogP contribution in [0.4, 0.5) is 11.4 Å². The third-order valence-corrected chi connectivity index (χ3v) is 3.67. The van der Waals surface area contributed by atoms with Gasteiger partial charge in [0.15, 0.2) is 0 Å². The monoisotopic (exact) mass is 276 g/mol. The lowest BCUT2D eigenvalue weighted by molar-refractivity contribution is 0.0963. The number of nitrogens with two attached hydrogens (primary N) is 1. The molecule has 1 aromatic carbocycles. The molecule has 0 bridgehead atoms. The van der Waals surface area contributed by atoms with Crippen LogP contribution in [0.15, 0.2) is 18.2 Å². The lowest BCUT2D eigenvalue weighted by atomic mass is 10.1. The maximum atomic E-state index is 11.5. The van der Waals surface area contributed by atoms with Gasteiger partial charge in [0.2, 0.25) is 0 Å². The number of hydrogen-bond acceptors (Lipinski definition) is 4. The summed E-state index contributed by atoms with van der Waals surface area (Å²) in [7, 11) is 1.61. The minimum Gasteiger partial charge on any atom is -0.397 e. The number of anilines is 2. The number of nitrogens with one attached hydrogen (secondary N) is 2. The molecule has 0 saturated carbocycles. The van der Waals surface area contributed by atoms with E-state index in [2.05, 4.69) is 22.5 Å². The Balaban J connectivity index is 1.96. The molecule has 0 radical (unpaired) electrons. The van der Waals surface area contributed by atoms with E-state index in [9.17, 15) is 4.79 Å². The number of hydrogen-bond donors (Lipinski definition) is 3. The van der Waals surface area contributed by atoms with Crippen molar-refractivity contribution < 1.29 is 4.79 Å². The number of benzene rings is 1. The van der Waals surface area contributed by atoms with E-state index in [1.807, 2.05) is 6.07 Å². The highest BCUT2D eigenvalue weighted by Gasteiger charge is 2.15. The molecule has 1 aliphatic rings. The van der Waals surface area contributed by atoms with Gasteiger partial charge in [-0.1, -0.05) is 0 Å². The van der Waals surface area contributed by atoms with E-state index in [1.54, 1.807) is 19.2 Å². The van der Waals surface area contributed by atoms with E-state index in [1.165, 1.54) is 25.9 Å². The van der Waals surface area contributed by atoms with Gasteiger partial charge in [-0.05, 0) is 51.1 Å². The number of carbonyl (C=O) groups excluding carboxylic acids is 1. The second kappa shape index (κ2) is 6.61. The zero-order chi connectivity index (χ0) is 14.5. The normalized spacial score (nSPS) is 16.9. The predicted octanol–water partition coefficient (Wildman–Crippen LogP) is 1.52. The standard InChI is InChI=1S/C15H24N4O/c1-11(10-19-7-3-4-8-19)18-14-6-5-12(9-13(14)16)15(20)17-2/h5-6,9,11,18H,3-4,7-8,10,16H2,1-2H3,(H,17,20). The summed E-state index contributed by atoms with van der Waals surface area (Å²) in [6.45, 7) is 5.56. The molecule has 110 valence electrons. The van der Waals surface area contributed by atoms with Gasteiger partial charge >= 0.3 is 0 Å². The van der Waals surface area contributed by atoms with Crippen LogP contribution in [0.1, 0.15) is 30.1 Å². The number of nitrogen functional groups attached to an aromatic ring is 1. The smallest absolute Gasteiger partial charge is 0.251 e. The maximum absolute atomic E-state index is 11.5. The highest BCUT2D eigenvalue weighted by atomic mass is 16.1. The van der Waals surface area contributed by atoms with E-state index in [0.29, 0.717) is 17.3 Å². The van der Waals surface area contributed by atoms with Crippen LogP contribution in [0.2, 0.25) is 0 Å². The largest absolute Gasteiger partial charge is 0.397 e. The molecule has 1 heterocycles. The van der Waals surface area contributed by atoms with Crippen molar-refractivity contribution in [3.05, 3.63) is 23.8 Å². The predicted molar refractivity (Wildman–Crippen MR) is 83.0 cm³/mol. The second-order valence-electron chi connectivity index (χ2n) is 5.43. The molecule has 1 atom stereocenters. The van der Waals surface area contributed by atoms with Crippen molar-refractivity contribution in [3.8, 4) is 0 Å². The molecule has 2 rings (SSSR count). The maximum Gasteiger partial charge on any atom is 0.251 e. The van der Waals surface area contributed by atoms with Gasteiger partial charge in [-0.15, -0.1) is 0 Å². The Kier molecular flexibility index (Phi) is 4.84. The van der Waals surface area contributed by atoms with Crippen LogP contribution >= 0.6 is 0 Å². The van der Waals surface area contributed by atoms with Crippen molar-refractivity contribution in [2.24, 2.45) is 0 Å². The molecule has 0 aliphatic carbocycles. The molecular formula is C15H24N4O. The van der Waals surface area contributed by atoms with E-state index < -0.39 is 0 Å². The van der Waals surface area contributed by atoms with Crippen LogP contribution in [0, 0.1) is 0 Å². The molecule has 4 N–H and O–H groups in total. The summed E-state index contributed by atoms with van der Waals surface area (Å²) in [6.07, 6.45) is 2.60. The molecule has 20 heavy (non-hydrogen) atoms. The molecule has 0 spiro atoms. The van der Waals surface area contributed by atoms with Crippen molar-refractivity contribution >= 4 is 17.3 Å². The Morgan fingerprint density at radius 2 is 2.10 bits per heavy atom. The fourth-order valence-electron chi connectivity index (χ4n) is 2.64. The van der Waals surface area contributed by atoms with Crippen molar-refractivity contribution in [2.75, 3.05) is 37.7 Å². The SMILES string of the molecule is CNC(=O)c1ccc(NC(C)CN2CCCC2)c(N)c1. The summed E-state index contributed by atoms with van der Waals surface area (Å²) in [5.74, 6) is -0.117. The molecule has 1 aliphatic heterocycles. The summed E-state index contributed by atoms with van der Waals surface area (Å²) < 4.78 is 0. The lowest BCUT2D eigenvalue weighted by Gasteiger charge is -2.23. The van der Waals surface area contributed by atoms with Gasteiger partial charge in [-0.3, -0.25) is 4.79 Å². The van der Waals surface area contributed by atoms with E-state index in [0.717, 1.165) is 12.2 Å². The van der Waals surface area contributed by atoms with Crippen LogP contribution in [0.3, 0.4) is 0 Å². The summed E-state index contributed by atoms with van der Waals surface area (Å²) in [5, 5.41) is 6.02. The number of rotatable bonds is 5. The highest BCUT2D eigenvalue weighted by Crippen LogP contribution is 2.21. The Hall–Kier alpha value is -1.75. The van der Waals surface area contributed by atoms with Gasteiger partial charge < -0.3 is 21.3 Å². The minimum absolute atomic E-state index is 0.117. The second-order valence-corrected chi connectivity index (χ2v) is 5.43. The molecule has 1 saturated heterocycles. The van der Waals surface area contributed by atoms with Crippen molar-refractivity contribution in [1.29, 1.82) is 0 Å². The Labute approximate surface area is 120 Å². The zero-order valence-electron chi connectivity index (χ0n) is 12.3. The van der Waals surface area contributed by atoms with Crippen LogP contribution in [0.25, 0.3) is 0 Å². The van der Waals surface area contributed by atoms with Gasteiger partial charge in [-0.2, -0.15) is 0 Å². The highest BCUT2D eigenvalue weighted by molar-refractivity contribution is 5.95. The Bertz CT molecular complexity index is 469. The first kappa shape index (κ1) is 14.7. The van der Waals surface area contributed by atoms with E-state index >= 15 is 0 Å². The Morgan fingerprint density at radius 3 is 2.70 bits per heavy atom. The summed E-state index contributed by atoms with van der Waals surface area (Å²) in [4.78, 5) is 14.0. The van der Waals surface area contributed by atoms with Crippen molar-refractivity contribution in [1.82, 2.24) is 10.2 Å². The van der Waals surface area contributed by atoms with Crippen LogP contribution < -0.4 is 16.4 Å². The topological polar surface area (TPSA) is 70.4 Å². The number of nitrogens with zero attached hydrogens (tertiary/aromatic N) is 1. The summed E-state index contributed by atoms with van der Waals surface area (Å²) >= 11 is 0. The van der Waals surface area contributed by atoms with E-state index in [4.69, 9.17) is 5.73 Å². The summed E-state index contributed by atoms with van der Waals surface area (Å²) in [6, 6.07) is 5.71. The zero-order valence-corrected chi connectivity index (χ0v) is 12.3. The van der Waals surface area contributed by atoms with Crippen LogP contribution in [-0.4, -0.2) is 43.5 Å². The minimum atomic E-state index is -0.117. The van der Waals surface area contributed by atoms with E-state index in [-0.39, 0.29) is 5.91 Å². The molecule has 1 amide bonds. The van der Waals surface area contributed by atoms with Gasteiger partial charge in [0.05, 0.1) is 11.4 Å². The third-order valence-electron chi connectivity index (χ3n) is 3.67. The lowest BCUT2D eigenvalue weighted by Crippen LogP contribution is -2.33. The molecule has 1 aromatic rings. The first-order valence-corrected chi connectivity index (χ1v) is 7.20. The molecule has 0 aromatic heterocycles. The van der Waals surface area contributed by atoms with Gasteiger partial charge in [-0.25, -0.2) is 0 Å². The van der Waals surface area contributed by atoms with Crippen LogP contribution in [-0.2, 0) is 0 Å². The molecule has 5 nitrogen and oxygen atoms in total. The summed E-state index contributed by atoms with van der Waals surface area (Å²) in [5.41, 5.74) is 8.10. The third kappa shape index (κ3) is 3.63. The number of carbonyl (C=O) groups is 1. The first-order valence-electron chi connectivity index (χ1n) is 7.20. The molecule has 5 heteroatoms. The average Bonchev–Trinajstić information content (AvgIpc) is 2.93. The number of likely N-dealkylation sites (tertiary alicyclic amines) is 1. The van der Waals surface area contributed by atoms with Crippen molar-refractivity contribution in [3.63, 3.8) is 0 Å². The molecule has 1 unspecified atom stereocenters. The quantitative estimate of drug-likeness (QED) is 0.713. The fraction of sp³-hybridized carbons (Fsp3) is 0.533.